The summed E-state index contributed by atoms with van der Waals surface area (Å²) in [5.41, 5.74) is 7.14. The summed E-state index contributed by atoms with van der Waals surface area (Å²) in [6, 6.07) is 16.1. The second kappa shape index (κ2) is 9.26. The number of anilines is 1. The smallest absolute Gasteiger partial charge is 0.406 e. The highest BCUT2D eigenvalue weighted by Gasteiger charge is 2.31. The average molecular weight is 467 g/mol. The summed E-state index contributed by atoms with van der Waals surface area (Å²) in [5.74, 6) is -0.305. The van der Waals surface area contributed by atoms with Crippen molar-refractivity contribution >= 4 is 28.8 Å². The van der Waals surface area contributed by atoms with Crippen LogP contribution in [0, 0.1) is 13.8 Å². The Morgan fingerprint density at radius 1 is 1.06 bits per heavy atom. The zero-order valence-corrected chi connectivity index (χ0v) is 18.2. The molecule has 0 saturated carbocycles. The number of hydrogen-bond acceptors (Lipinski definition) is 4. The number of urea groups is 1. The maximum Gasteiger partial charge on any atom is 0.573 e. The van der Waals surface area contributed by atoms with E-state index in [0.717, 1.165) is 33.3 Å². The van der Waals surface area contributed by atoms with Crippen molar-refractivity contribution in [3.05, 3.63) is 83.6 Å². The number of para-hydroxylation sites is 1. The number of hydrogen-bond donors (Lipinski definition) is 2. The van der Waals surface area contributed by atoms with Gasteiger partial charge >= 0.3 is 12.4 Å². The van der Waals surface area contributed by atoms with Gasteiger partial charge in [-0.3, -0.25) is 0 Å². The Hall–Kier alpha value is -4.34. The molecular weight excluding hydrogens is 447 g/mol. The molecule has 7 nitrogen and oxygen atoms in total. The van der Waals surface area contributed by atoms with Crippen LogP contribution in [0.1, 0.15) is 16.7 Å². The molecule has 0 fully saturated rings. The maximum atomic E-state index is 12.3. The van der Waals surface area contributed by atoms with Crippen molar-refractivity contribution in [1.29, 1.82) is 0 Å². The molecule has 0 aliphatic heterocycles. The Kier molecular flexibility index (Phi) is 6.22. The van der Waals surface area contributed by atoms with E-state index in [4.69, 9.17) is 0 Å². The monoisotopic (exact) mass is 467 g/mol. The average Bonchev–Trinajstić information content (AvgIpc) is 3.19. The number of rotatable bonds is 5. The van der Waals surface area contributed by atoms with Gasteiger partial charge in [-0.15, -0.1) is 13.2 Å². The Balaban J connectivity index is 1.44. The van der Waals surface area contributed by atoms with Gasteiger partial charge in [-0.1, -0.05) is 24.3 Å². The van der Waals surface area contributed by atoms with Gasteiger partial charge in [0.1, 0.15) is 5.75 Å². The minimum absolute atomic E-state index is 0.305. The molecule has 1 aromatic heterocycles. The summed E-state index contributed by atoms with van der Waals surface area (Å²) >= 11 is 0. The number of benzene rings is 3. The van der Waals surface area contributed by atoms with E-state index in [1.165, 1.54) is 30.5 Å². The first-order valence-electron chi connectivity index (χ1n) is 10.2. The number of carbonyl (C=O) groups excluding carboxylic acids is 1. The number of aryl methyl sites for hydroxylation is 2. The number of hydrazone groups is 1. The lowest BCUT2D eigenvalue weighted by Gasteiger charge is -2.10. The van der Waals surface area contributed by atoms with E-state index >= 15 is 0 Å². The fourth-order valence-electron chi connectivity index (χ4n) is 3.45. The third kappa shape index (κ3) is 5.34. The molecule has 3 aromatic carbocycles. The van der Waals surface area contributed by atoms with Gasteiger partial charge in [-0.05, 0) is 66.9 Å². The van der Waals surface area contributed by atoms with Crippen molar-refractivity contribution in [1.82, 2.24) is 15.2 Å². The Labute approximate surface area is 192 Å². The van der Waals surface area contributed by atoms with E-state index < -0.39 is 12.4 Å². The van der Waals surface area contributed by atoms with E-state index in [0.29, 0.717) is 5.69 Å². The van der Waals surface area contributed by atoms with Crippen LogP contribution in [-0.2, 0) is 0 Å². The zero-order valence-electron chi connectivity index (χ0n) is 18.2. The molecular formula is C24H20F3N5O2. The molecule has 0 saturated heterocycles. The second-order valence-electron chi connectivity index (χ2n) is 7.51. The lowest BCUT2D eigenvalue weighted by molar-refractivity contribution is -0.274. The molecule has 4 aromatic rings. The molecule has 0 aliphatic carbocycles. The normalized spacial score (nSPS) is 11.7. The van der Waals surface area contributed by atoms with Crippen LogP contribution in [-0.4, -0.2) is 28.4 Å². The van der Waals surface area contributed by atoms with Crippen LogP contribution in [0.3, 0.4) is 0 Å². The first-order valence-corrected chi connectivity index (χ1v) is 10.2. The number of alkyl halides is 3. The minimum atomic E-state index is -4.74. The summed E-state index contributed by atoms with van der Waals surface area (Å²) < 4.78 is 42.5. The number of nitrogens with one attached hydrogen (secondary N) is 2. The topological polar surface area (TPSA) is 80.5 Å². The van der Waals surface area contributed by atoms with Crippen LogP contribution >= 0.6 is 0 Å². The van der Waals surface area contributed by atoms with Gasteiger partial charge in [-0.25, -0.2) is 14.9 Å². The molecule has 2 N–H and O–H groups in total. The predicted octanol–water partition coefficient (Wildman–Crippen LogP) is 5.70. The van der Waals surface area contributed by atoms with Crippen molar-refractivity contribution in [3.63, 3.8) is 0 Å². The Morgan fingerprint density at radius 2 is 1.76 bits per heavy atom. The summed E-state index contributed by atoms with van der Waals surface area (Å²) in [7, 11) is 0. The van der Waals surface area contributed by atoms with Gasteiger partial charge < -0.3 is 10.1 Å². The molecule has 0 unspecified atom stereocenters. The molecule has 10 heteroatoms. The SMILES string of the molecule is Cc1cccc(C)c1NC(=O)N/N=C/c1ccc2c(cnn2-c2ccc(OC(F)(F)F)cc2)c1. The number of halogens is 3. The van der Waals surface area contributed by atoms with E-state index in [1.807, 2.05) is 38.1 Å². The van der Waals surface area contributed by atoms with E-state index in [1.54, 1.807) is 23.0 Å². The lowest BCUT2D eigenvalue weighted by Crippen LogP contribution is -2.25. The highest BCUT2D eigenvalue weighted by atomic mass is 19.4. The molecule has 2 amide bonds. The van der Waals surface area contributed by atoms with Gasteiger partial charge in [0.05, 0.1) is 23.6 Å². The zero-order chi connectivity index (χ0) is 24.3. The fourth-order valence-corrected chi connectivity index (χ4v) is 3.45. The molecule has 0 bridgehead atoms. The Bertz CT molecular complexity index is 1340. The third-order valence-corrected chi connectivity index (χ3v) is 5.01. The molecule has 0 atom stereocenters. The van der Waals surface area contributed by atoms with Crippen LogP contribution < -0.4 is 15.5 Å². The molecule has 4 rings (SSSR count). The van der Waals surface area contributed by atoms with E-state index in [9.17, 15) is 18.0 Å². The van der Waals surface area contributed by atoms with Crippen molar-refractivity contribution < 1.29 is 22.7 Å². The second-order valence-corrected chi connectivity index (χ2v) is 7.51. The van der Waals surface area contributed by atoms with Crippen LogP contribution in [0.2, 0.25) is 0 Å². The van der Waals surface area contributed by atoms with Crippen LogP contribution in [0.25, 0.3) is 16.6 Å². The first-order chi connectivity index (χ1) is 16.2. The van der Waals surface area contributed by atoms with Crippen molar-refractivity contribution in [2.75, 3.05) is 5.32 Å². The lowest BCUT2D eigenvalue weighted by atomic mass is 10.1. The number of nitrogens with zero attached hydrogens (tertiary/aromatic N) is 3. The van der Waals surface area contributed by atoms with Crippen molar-refractivity contribution in [3.8, 4) is 11.4 Å². The number of amides is 2. The summed E-state index contributed by atoms with van der Waals surface area (Å²) in [6.07, 6.45) is -1.61. The van der Waals surface area contributed by atoms with Crippen LogP contribution in [0.5, 0.6) is 5.75 Å². The molecule has 174 valence electrons. The highest BCUT2D eigenvalue weighted by Crippen LogP contribution is 2.25. The minimum Gasteiger partial charge on any atom is -0.406 e. The molecule has 0 spiro atoms. The van der Waals surface area contributed by atoms with Crippen molar-refractivity contribution in [2.45, 2.75) is 20.2 Å². The summed E-state index contributed by atoms with van der Waals surface area (Å²) in [4.78, 5) is 12.2. The summed E-state index contributed by atoms with van der Waals surface area (Å²) in [5, 5.41) is 11.9. The fraction of sp³-hybridized carbons (Fsp3) is 0.125. The molecule has 34 heavy (non-hydrogen) atoms. The maximum absolute atomic E-state index is 12.3. The van der Waals surface area contributed by atoms with Gasteiger partial charge in [-0.2, -0.15) is 10.2 Å². The standard InChI is InChI=1S/C24H20F3N5O2/c1-15-4-3-5-16(2)22(15)30-23(33)31-28-13-17-6-11-21-18(12-17)14-29-32(21)19-7-9-20(10-8-19)34-24(25,26)27/h3-14H,1-2H3,(H2,30,31,33)/b28-13+. The van der Waals surface area contributed by atoms with E-state index in [2.05, 4.69) is 25.7 Å². The predicted molar refractivity (Wildman–Crippen MR) is 123 cm³/mol. The van der Waals surface area contributed by atoms with Gasteiger partial charge in [0, 0.05) is 11.1 Å². The third-order valence-electron chi connectivity index (χ3n) is 5.01. The first kappa shape index (κ1) is 22.8. The summed E-state index contributed by atoms with van der Waals surface area (Å²) in [6.45, 7) is 3.82. The number of fused-ring (bicyclic) bond motifs is 1. The molecule has 1 heterocycles. The molecule has 0 radical (unpaired) electrons. The number of aromatic nitrogens is 2. The van der Waals surface area contributed by atoms with E-state index in [-0.39, 0.29) is 5.75 Å². The highest BCUT2D eigenvalue weighted by molar-refractivity contribution is 5.93. The quantitative estimate of drug-likeness (QED) is 0.292. The Morgan fingerprint density at radius 3 is 2.44 bits per heavy atom. The van der Waals surface area contributed by atoms with Gasteiger partial charge in [0.2, 0.25) is 0 Å². The number of ether oxygens (including phenoxy) is 1. The molecule has 0 aliphatic rings. The van der Waals surface area contributed by atoms with Gasteiger partial charge in [0.15, 0.2) is 0 Å². The van der Waals surface area contributed by atoms with Crippen LogP contribution in [0.15, 0.2) is 72.0 Å². The number of carbonyl (C=O) groups is 1. The van der Waals surface area contributed by atoms with Crippen molar-refractivity contribution in [2.24, 2.45) is 5.10 Å². The van der Waals surface area contributed by atoms with Crippen LogP contribution in [0.4, 0.5) is 23.7 Å². The largest absolute Gasteiger partial charge is 0.573 e. The van der Waals surface area contributed by atoms with Gasteiger partial charge in [0.25, 0.3) is 0 Å².